The van der Waals surface area contributed by atoms with Crippen molar-refractivity contribution in [1.82, 2.24) is 0 Å². The molecule has 6 nitrogen and oxygen atoms in total. The molecule has 2 aromatic rings. The molecule has 4 atom stereocenters. The smallest absolute Gasteiger partial charge is 0.331 e. The highest BCUT2D eigenvalue weighted by molar-refractivity contribution is 5.87. The van der Waals surface area contributed by atoms with Crippen LogP contribution in [0.1, 0.15) is 30.4 Å². The van der Waals surface area contributed by atoms with Crippen LogP contribution in [0.5, 0.6) is 5.75 Å². The zero-order valence-electron chi connectivity index (χ0n) is 17.1. The van der Waals surface area contributed by atoms with E-state index in [1.807, 2.05) is 0 Å². The summed E-state index contributed by atoms with van der Waals surface area (Å²) in [6.07, 6.45) is 1.34. The van der Waals surface area contributed by atoms with Crippen LogP contribution in [0.4, 0.5) is 4.39 Å². The number of benzene rings is 2. The SMILES string of the molecule is O=C(/C=C/c1ccc(O)cc1)O[C@@H]1C[C@@H](OCCCc2ccc(F)cc2)C[C@H](O)[C@H]1O. The average molecular weight is 430 g/mol. The van der Waals surface area contributed by atoms with Crippen LogP contribution in [0.15, 0.2) is 54.6 Å². The van der Waals surface area contributed by atoms with E-state index in [4.69, 9.17) is 9.47 Å². The molecule has 0 bridgehead atoms. The van der Waals surface area contributed by atoms with Crippen LogP contribution in [0.2, 0.25) is 0 Å². The number of halogens is 1. The lowest BCUT2D eigenvalue weighted by Gasteiger charge is -2.36. The summed E-state index contributed by atoms with van der Waals surface area (Å²) in [7, 11) is 0. The Morgan fingerprint density at radius 3 is 2.48 bits per heavy atom. The third-order valence-electron chi connectivity index (χ3n) is 5.22. The predicted octanol–water partition coefficient (Wildman–Crippen LogP) is 2.99. The van der Waals surface area contributed by atoms with Crippen molar-refractivity contribution in [3.63, 3.8) is 0 Å². The summed E-state index contributed by atoms with van der Waals surface area (Å²) in [5, 5.41) is 29.6. The van der Waals surface area contributed by atoms with Crippen LogP contribution < -0.4 is 0 Å². The quantitative estimate of drug-likeness (QED) is 0.339. The summed E-state index contributed by atoms with van der Waals surface area (Å²) >= 11 is 0. The van der Waals surface area contributed by atoms with E-state index < -0.39 is 24.3 Å². The van der Waals surface area contributed by atoms with Gasteiger partial charge in [0.25, 0.3) is 0 Å². The van der Waals surface area contributed by atoms with Gasteiger partial charge in [0.15, 0.2) is 0 Å². The number of aryl methyl sites for hydroxylation is 1. The molecule has 3 N–H and O–H groups in total. The Morgan fingerprint density at radius 1 is 1.06 bits per heavy atom. The molecule has 0 saturated heterocycles. The van der Waals surface area contributed by atoms with Crippen molar-refractivity contribution in [2.45, 2.75) is 50.1 Å². The first-order valence-corrected chi connectivity index (χ1v) is 10.3. The van der Waals surface area contributed by atoms with Gasteiger partial charge in [0.2, 0.25) is 0 Å². The van der Waals surface area contributed by atoms with Gasteiger partial charge in [-0.2, -0.15) is 0 Å². The molecule has 31 heavy (non-hydrogen) atoms. The molecular formula is C24H27FO6. The van der Waals surface area contributed by atoms with Crippen molar-refractivity contribution in [1.29, 1.82) is 0 Å². The van der Waals surface area contributed by atoms with Crippen LogP contribution in [0.25, 0.3) is 6.08 Å². The number of aliphatic hydroxyl groups is 2. The van der Waals surface area contributed by atoms with E-state index in [1.54, 1.807) is 24.3 Å². The standard InChI is InChI=1S/C24H27FO6/c25-18-8-3-16(4-9-18)2-1-13-30-20-14-21(27)24(29)22(15-20)31-23(28)12-7-17-5-10-19(26)11-6-17/h3-12,20-22,24,26-27,29H,1-2,13-15H2/b12-7+/t20-,21-,22+,24+/m0/s1. The fourth-order valence-corrected chi connectivity index (χ4v) is 3.52. The number of hydrogen-bond donors (Lipinski definition) is 3. The third-order valence-corrected chi connectivity index (χ3v) is 5.22. The maximum atomic E-state index is 12.9. The molecule has 3 rings (SSSR count). The lowest BCUT2D eigenvalue weighted by molar-refractivity contribution is -0.170. The summed E-state index contributed by atoms with van der Waals surface area (Å²) < 4.78 is 24.1. The Labute approximate surface area is 180 Å². The molecule has 0 radical (unpaired) electrons. The van der Waals surface area contributed by atoms with Crippen molar-refractivity contribution in [3.8, 4) is 5.75 Å². The Hall–Kier alpha value is -2.74. The van der Waals surface area contributed by atoms with Gasteiger partial charge in [-0.3, -0.25) is 0 Å². The topological polar surface area (TPSA) is 96.2 Å². The van der Waals surface area contributed by atoms with Crippen LogP contribution in [-0.2, 0) is 20.7 Å². The Kier molecular flexibility index (Phi) is 8.17. The normalized spacial score (nSPS) is 23.7. The molecule has 1 fully saturated rings. The Balaban J connectivity index is 1.45. The summed E-state index contributed by atoms with van der Waals surface area (Å²) in [4.78, 5) is 12.1. The molecule has 1 aliphatic carbocycles. The van der Waals surface area contributed by atoms with Gasteiger partial charge in [0.05, 0.1) is 12.2 Å². The molecule has 0 spiro atoms. The second kappa shape index (κ2) is 11.0. The van der Waals surface area contributed by atoms with Crippen molar-refractivity contribution < 1.29 is 34.0 Å². The van der Waals surface area contributed by atoms with Gasteiger partial charge in [-0.1, -0.05) is 24.3 Å². The van der Waals surface area contributed by atoms with Crippen LogP contribution in [0.3, 0.4) is 0 Å². The van der Waals surface area contributed by atoms with Crippen LogP contribution in [0, 0.1) is 5.82 Å². The van der Waals surface area contributed by atoms with E-state index in [-0.39, 0.29) is 30.5 Å². The fraction of sp³-hybridized carbons (Fsp3) is 0.375. The highest BCUT2D eigenvalue weighted by atomic mass is 19.1. The zero-order chi connectivity index (χ0) is 22.2. The van der Waals surface area contributed by atoms with Crippen molar-refractivity contribution in [2.24, 2.45) is 0 Å². The van der Waals surface area contributed by atoms with Gasteiger partial charge in [0.1, 0.15) is 23.8 Å². The molecule has 7 heteroatoms. The second-order valence-electron chi connectivity index (χ2n) is 7.65. The van der Waals surface area contributed by atoms with Gasteiger partial charge in [-0.15, -0.1) is 0 Å². The summed E-state index contributed by atoms with van der Waals surface area (Å²) in [6, 6.07) is 12.6. The van der Waals surface area contributed by atoms with Crippen molar-refractivity contribution in [3.05, 3.63) is 71.6 Å². The van der Waals surface area contributed by atoms with Gasteiger partial charge >= 0.3 is 5.97 Å². The van der Waals surface area contributed by atoms with E-state index in [1.165, 1.54) is 36.4 Å². The van der Waals surface area contributed by atoms with Crippen molar-refractivity contribution in [2.75, 3.05) is 6.61 Å². The first-order chi connectivity index (χ1) is 14.9. The number of carbonyl (C=O) groups is 1. The fourth-order valence-electron chi connectivity index (χ4n) is 3.52. The lowest BCUT2D eigenvalue weighted by atomic mass is 9.89. The van der Waals surface area contributed by atoms with E-state index in [2.05, 4.69) is 0 Å². The largest absolute Gasteiger partial charge is 0.508 e. The lowest BCUT2D eigenvalue weighted by Crippen LogP contribution is -2.48. The van der Waals surface area contributed by atoms with Gasteiger partial charge < -0.3 is 24.8 Å². The van der Waals surface area contributed by atoms with E-state index >= 15 is 0 Å². The summed E-state index contributed by atoms with van der Waals surface area (Å²) in [6.45, 7) is 0.437. The molecule has 0 aliphatic heterocycles. The average Bonchev–Trinajstić information content (AvgIpc) is 2.75. The number of phenols is 1. The summed E-state index contributed by atoms with van der Waals surface area (Å²) in [5.74, 6) is -0.780. The molecular weight excluding hydrogens is 403 g/mol. The number of carbonyl (C=O) groups excluding carboxylic acids is 1. The minimum absolute atomic E-state index is 0.128. The minimum atomic E-state index is -1.18. The predicted molar refractivity (Wildman–Crippen MR) is 113 cm³/mol. The van der Waals surface area contributed by atoms with Crippen molar-refractivity contribution >= 4 is 12.0 Å². The molecule has 166 valence electrons. The highest BCUT2D eigenvalue weighted by Gasteiger charge is 2.38. The molecule has 0 amide bonds. The van der Waals surface area contributed by atoms with E-state index in [0.717, 1.165) is 18.4 Å². The number of rotatable bonds is 8. The van der Waals surface area contributed by atoms with Crippen LogP contribution >= 0.6 is 0 Å². The molecule has 0 heterocycles. The number of ether oxygens (including phenoxy) is 2. The van der Waals surface area contributed by atoms with E-state index in [0.29, 0.717) is 12.2 Å². The summed E-state index contributed by atoms with van der Waals surface area (Å²) in [5.41, 5.74) is 1.72. The first kappa shape index (κ1) is 22.9. The van der Waals surface area contributed by atoms with Gasteiger partial charge in [-0.05, 0) is 54.3 Å². The van der Waals surface area contributed by atoms with E-state index in [9.17, 15) is 24.5 Å². The number of aliphatic hydroxyl groups excluding tert-OH is 2. The Bertz CT molecular complexity index is 865. The number of phenolic OH excluding ortho intramolecular Hbond substituents is 1. The maximum absolute atomic E-state index is 12.9. The highest BCUT2D eigenvalue weighted by Crippen LogP contribution is 2.25. The van der Waals surface area contributed by atoms with Gasteiger partial charge in [0, 0.05) is 25.5 Å². The molecule has 0 unspecified atom stereocenters. The Morgan fingerprint density at radius 2 is 1.77 bits per heavy atom. The number of esters is 1. The minimum Gasteiger partial charge on any atom is -0.508 e. The maximum Gasteiger partial charge on any atom is 0.331 e. The molecule has 2 aromatic carbocycles. The van der Waals surface area contributed by atoms with Gasteiger partial charge in [-0.25, -0.2) is 9.18 Å². The zero-order valence-corrected chi connectivity index (χ0v) is 17.1. The number of aromatic hydroxyl groups is 1. The second-order valence-corrected chi connectivity index (χ2v) is 7.65. The first-order valence-electron chi connectivity index (χ1n) is 10.3. The monoisotopic (exact) mass is 430 g/mol. The number of hydrogen-bond acceptors (Lipinski definition) is 6. The van der Waals surface area contributed by atoms with Crippen LogP contribution in [-0.4, -0.2) is 52.3 Å². The molecule has 0 aromatic heterocycles. The molecule has 1 saturated carbocycles. The third kappa shape index (κ3) is 7.17. The molecule has 1 aliphatic rings.